The van der Waals surface area contributed by atoms with Gasteiger partial charge in [-0.05, 0) is 19.1 Å². The molecule has 0 saturated carbocycles. The monoisotopic (exact) mass is 239 g/mol. The summed E-state index contributed by atoms with van der Waals surface area (Å²) in [5.74, 6) is 0. The second-order valence-electron chi connectivity index (χ2n) is 3.01. The van der Waals surface area contributed by atoms with Gasteiger partial charge in [-0.3, -0.25) is 0 Å². The highest BCUT2D eigenvalue weighted by Gasteiger charge is 2.05. The molecule has 0 saturated heterocycles. The fourth-order valence-corrected chi connectivity index (χ4v) is 2.59. The number of aromatic nitrogens is 1. The Hall–Kier alpha value is -1.13. The third-order valence-electron chi connectivity index (χ3n) is 2.05. The quantitative estimate of drug-likeness (QED) is 0.541. The number of fused-ring (bicyclic) bond motifs is 1. The summed E-state index contributed by atoms with van der Waals surface area (Å²) in [6.45, 7) is 1.84. The number of hydrogen-bond acceptors (Lipinski definition) is 3. The van der Waals surface area contributed by atoms with Crippen LogP contribution in [0.15, 0.2) is 28.4 Å². The van der Waals surface area contributed by atoms with Crippen molar-refractivity contribution in [3.05, 3.63) is 28.0 Å². The molecule has 2 aromatic rings. The second kappa shape index (κ2) is 4.16. The molecule has 2 rings (SSSR count). The molecule has 5 heteroatoms. The molecule has 0 radical (unpaired) electrons. The molecule has 1 aromatic heterocycles. The SMILES string of the molecule is C/C=N\N=c1\sc2c(Cl)cccc2n1C. The summed E-state index contributed by atoms with van der Waals surface area (Å²) in [7, 11) is 1.96. The average Bonchev–Trinajstić information content (AvgIpc) is 2.55. The normalized spacial score (nSPS) is 13.1. The Morgan fingerprint density at radius 1 is 1.47 bits per heavy atom. The van der Waals surface area contributed by atoms with Crippen LogP contribution in [0.4, 0.5) is 0 Å². The zero-order valence-corrected chi connectivity index (χ0v) is 10.0. The fraction of sp³-hybridized carbons (Fsp3) is 0.200. The fourth-order valence-electron chi connectivity index (χ4n) is 1.32. The zero-order valence-electron chi connectivity index (χ0n) is 8.44. The molecule has 0 amide bonds. The summed E-state index contributed by atoms with van der Waals surface area (Å²) in [5, 5.41) is 8.73. The number of hydrogen-bond donors (Lipinski definition) is 0. The van der Waals surface area contributed by atoms with Crippen molar-refractivity contribution in [1.82, 2.24) is 4.57 Å². The van der Waals surface area contributed by atoms with Gasteiger partial charge in [-0.25, -0.2) is 0 Å². The molecule has 0 N–H and O–H groups in total. The lowest BCUT2D eigenvalue weighted by molar-refractivity contribution is 0.889. The van der Waals surface area contributed by atoms with E-state index in [0.29, 0.717) is 0 Å². The van der Waals surface area contributed by atoms with Crippen molar-refractivity contribution in [2.75, 3.05) is 0 Å². The van der Waals surface area contributed by atoms with E-state index in [-0.39, 0.29) is 0 Å². The van der Waals surface area contributed by atoms with Crippen LogP contribution in [0.2, 0.25) is 5.02 Å². The number of halogens is 1. The van der Waals surface area contributed by atoms with Gasteiger partial charge in [-0.1, -0.05) is 29.0 Å². The van der Waals surface area contributed by atoms with Crippen molar-refractivity contribution >= 4 is 39.4 Å². The first kappa shape index (κ1) is 10.4. The highest BCUT2D eigenvalue weighted by molar-refractivity contribution is 7.17. The lowest BCUT2D eigenvalue weighted by Crippen LogP contribution is -2.08. The standard InChI is InChI=1S/C10H10ClN3S/c1-3-12-13-10-14(2)8-6-4-5-7(11)9(8)15-10/h3-6H,1-2H3/b12-3-,13-10+. The Kier molecular flexibility index (Phi) is 2.88. The second-order valence-corrected chi connectivity index (χ2v) is 4.39. The van der Waals surface area contributed by atoms with Gasteiger partial charge in [-0.2, -0.15) is 5.10 Å². The van der Waals surface area contributed by atoms with Crippen LogP contribution >= 0.6 is 22.9 Å². The molecule has 0 fully saturated rings. The summed E-state index contributed by atoms with van der Waals surface area (Å²) in [5.41, 5.74) is 1.08. The van der Waals surface area contributed by atoms with Crippen LogP contribution < -0.4 is 4.80 Å². The summed E-state index contributed by atoms with van der Waals surface area (Å²) in [4.78, 5) is 0.844. The minimum absolute atomic E-state index is 0.759. The van der Waals surface area contributed by atoms with Crippen molar-refractivity contribution in [1.29, 1.82) is 0 Å². The molecule has 0 spiro atoms. The van der Waals surface area contributed by atoms with Crippen LogP contribution in [0.25, 0.3) is 10.2 Å². The summed E-state index contributed by atoms with van der Waals surface area (Å²) in [6, 6.07) is 5.84. The maximum Gasteiger partial charge on any atom is 0.211 e. The largest absolute Gasteiger partial charge is 0.318 e. The van der Waals surface area contributed by atoms with E-state index >= 15 is 0 Å². The molecule has 78 valence electrons. The molecule has 0 unspecified atom stereocenters. The molecule has 1 heterocycles. The van der Waals surface area contributed by atoms with Gasteiger partial charge in [0.15, 0.2) is 0 Å². The summed E-state index contributed by atoms with van der Waals surface area (Å²) in [6.07, 6.45) is 1.66. The Morgan fingerprint density at radius 2 is 2.27 bits per heavy atom. The smallest absolute Gasteiger partial charge is 0.211 e. The maximum absolute atomic E-state index is 6.09. The van der Waals surface area contributed by atoms with Gasteiger partial charge in [0.05, 0.1) is 15.2 Å². The van der Waals surface area contributed by atoms with Gasteiger partial charge in [0, 0.05) is 13.3 Å². The average molecular weight is 240 g/mol. The van der Waals surface area contributed by atoms with Gasteiger partial charge >= 0.3 is 0 Å². The lowest BCUT2D eigenvalue weighted by atomic mass is 10.3. The van der Waals surface area contributed by atoms with Crippen molar-refractivity contribution < 1.29 is 0 Å². The molecular weight excluding hydrogens is 230 g/mol. The molecular formula is C10H10ClN3S. The van der Waals surface area contributed by atoms with Crippen molar-refractivity contribution in [3.8, 4) is 0 Å². The Labute approximate surface area is 96.3 Å². The first-order valence-corrected chi connectivity index (χ1v) is 5.69. The third kappa shape index (κ3) is 1.82. The topological polar surface area (TPSA) is 29.6 Å². The van der Waals surface area contributed by atoms with Crippen LogP contribution in [0, 0.1) is 0 Å². The van der Waals surface area contributed by atoms with E-state index in [0.717, 1.165) is 20.0 Å². The predicted molar refractivity (Wildman–Crippen MR) is 65.5 cm³/mol. The molecule has 15 heavy (non-hydrogen) atoms. The van der Waals surface area contributed by atoms with Crippen molar-refractivity contribution in [2.24, 2.45) is 17.3 Å². The molecule has 0 aliphatic carbocycles. The van der Waals surface area contributed by atoms with E-state index in [2.05, 4.69) is 10.2 Å². The van der Waals surface area contributed by atoms with Gasteiger partial charge < -0.3 is 4.57 Å². The number of thiazole rings is 1. The van der Waals surface area contributed by atoms with Gasteiger partial charge in [0.25, 0.3) is 0 Å². The number of nitrogens with zero attached hydrogens (tertiary/aromatic N) is 3. The minimum Gasteiger partial charge on any atom is -0.318 e. The molecule has 0 aliphatic heterocycles. The molecule has 0 aliphatic rings. The highest BCUT2D eigenvalue weighted by Crippen LogP contribution is 2.25. The first-order valence-electron chi connectivity index (χ1n) is 4.49. The van der Waals surface area contributed by atoms with E-state index in [9.17, 15) is 0 Å². The number of benzene rings is 1. The van der Waals surface area contributed by atoms with E-state index in [1.807, 2.05) is 36.7 Å². The number of aryl methyl sites for hydroxylation is 1. The highest BCUT2D eigenvalue weighted by atomic mass is 35.5. The Bertz CT molecular complexity index is 580. The van der Waals surface area contributed by atoms with E-state index < -0.39 is 0 Å². The molecule has 0 bridgehead atoms. The van der Waals surface area contributed by atoms with Crippen molar-refractivity contribution in [2.45, 2.75) is 6.92 Å². The molecule has 0 atom stereocenters. The van der Waals surface area contributed by atoms with Crippen LogP contribution in [0.1, 0.15) is 6.92 Å². The van der Waals surface area contributed by atoms with Gasteiger partial charge in [-0.15, -0.1) is 5.10 Å². The Morgan fingerprint density at radius 3 is 2.93 bits per heavy atom. The van der Waals surface area contributed by atoms with Gasteiger partial charge in [0.2, 0.25) is 4.80 Å². The van der Waals surface area contributed by atoms with Crippen LogP contribution in [0.3, 0.4) is 0 Å². The van der Waals surface area contributed by atoms with Crippen LogP contribution in [-0.2, 0) is 7.05 Å². The minimum atomic E-state index is 0.759. The third-order valence-corrected chi connectivity index (χ3v) is 3.64. The maximum atomic E-state index is 6.09. The molecule has 1 aromatic carbocycles. The van der Waals surface area contributed by atoms with Crippen LogP contribution in [-0.4, -0.2) is 10.8 Å². The van der Waals surface area contributed by atoms with E-state index in [1.165, 1.54) is 0 Å². The lowest BCUT2D eigenvalue weighted by Gasteiger charge is -1.94. The van der Waals surface area contributed by atoms with Gasteiger partial charge in [0.1, 0.15) is 0 Å². The number of rotatable bonds is 1. The zero-order chi connectivity index (χ0) is 10.8. The summed E-state index contributed by atoms with van der Waals surface area (Å²) >= 11 is 7.63. The van der Waals surface area contributed by atoms with Crippen molar-refractivity contribution in [3.63, 3.8) is 0 Å². The van der Waals surface area contributed by atoms with E-state index in [4.69, 9.17) is 11.6 Å². The van der Waals surface area contributed by atoms with E-state index in [1.54, 1.807) is 17.6 Å². The predicted octanol–water partition coefficient (Wildman–Crippen LogP) is 2.80. The Balaban J connectivity index is 2.80. The van der Waals surface area contributed by atoms with Crippen LogP contribution in [0.5, 0.6) is 0 Å². The first-order chi connectivity index (χ1) is 7.24. The molecule has 3 nitrogen and oxygen atoms in total. The summed E-state index contributed by atoms with van der Waals surface area (Å²) < 4.78 is 3.03.